The summed E-state index contributed by atoms with van der Waals surface area (Å²) in [7, 11) is 0. The number of thioether (sulfide) groups is 1. The Bertz CT molecular complexity index is 647. The highest BCUT2D eigenvalue weighted by Crippen LogP contribution is 2.17. The monoisotopic (exact) mass is 342 g/mol. The number of carbonyl (C=O) groups excluding carboxylic acids is 2. The Balaban J connectivity index is 1.79. The molecule has 2 rings (SSSR count). The molecule has 5 heteroatoms. The van der Waals surface area contributed by atoms with Gasteiger partial charge in [0.25, 0.3) is 0 Å². The average molecular weight is 342 g/mol. The van der Waals surface area contributed by atoms with Crippen molar-refractivity contribution in [2.45, 2.75) is 24.3 Å². The Morgan fingerprint density at radius 1 is 1.00 bits per heavy atom. The minimum absolute atomic E-state index is 0.0636. The average Bonchev–Trinajstić information content (AvgIpc) is 2.59. The van der Waals surface area contributed by atoms with E-state index >= 15 is 0 Å². The van der Waals surface area contributed by atoms with Gasteiger partial charge in [-0.05, 0) is 17.7 Å². The van der Waals surface area contributed by atoms with Gasteiger partial charge in [0.2, 0.25) is 11.8 Å². The summed E-state index contributed by atoms with van der Waals surface area (Å²) in [5.41, 5.74) is 0.932. The van der Waals surface area contributed by atoms with Gasteiger partial charge in [0, 0.05) is 24.1 Å². The number of hydrogen-bond acceptors (Lipinski definition) is 3. The molecule has 0 aromatic heterocycles. The standard InChI is InChI=1S/C19H22N2O2S/c1-15(22)21-18(16-8-4-2-5-9-16)14-19(23)20-12-13-24-17-10-6-3-7-11-17/h2-11,18H,12-14H2,1H3,(H,20,23)(H,21,22)/t18-/m1/s1. The molecule has 0 saturated heterocycles. The summed E-state index contributed by atoms with van der Waals surface area (Å²) in [6, 6.07) is 19.3. The van der Waals surface area contributed by atoms with Gasteiger partial charge in [-0.3, -0.25) is 9.59 Å². The van der Waals surface area contributed by atoms with Crippen LogP contribution >= 0.6 is 11.8 Å². The van der Waals surface area contributed by atoms with Crippen LogP contribution in [-0.2, 0) is 9.59 Å². The molecule has 1 atom stereocenters. The van der Waals surface area contributed by atoms with Gasteiger partial charge >= 0.3 is 0 Å². The van der Waals surface area contributed by atoms with Crippen molar-refractivity contribution in [2.24, 2.45) is 0 Å². The number of benzene rings is 2. The molecular formula is C19H22N2O2S. The van der Waals surface area contributed by atoms with Gasteiger partial charge in [-0.15, -0.1) is 11.8 Å². The van der Waals surface area contributed by atoms with Gasteiger partial charge in [-0.1, -0.05) is 48.5 Å². The van der Waals surface area contributed by atoms with E-state index in [4.69, 9.17) is 0 Å². The van der Waals surface area contributed by atoms with Crippen LogP contribution in [0.15, 0.2) is 65.6 Å². The molecule has 2 aromatic rings. The summed E-state index contributed by atoms with van der Waals surface area (Å²) in [6.07, 6.45) is 0.236. The minimum atomic E-state index is -0.300. The molecule has 0 spiro atoms. The second-order valence-electron chi connectivity index (χ2n) is 5.38. The van der Waals surface area contributed by atoms with Crippen molar-refractivity contribution in [2.75, 3.05) is 12.3 Å². The Kier molecular flexibility index (Phi) is 7.36. The Morgan fingerprint density at radius 3 is 2.25 bits per heavy atom. The number of hydrogen-bond donors (Lipinski definition) is 2. The lowest BCUT2D eigenvalue weighted by atomic mass is 10.0. The van der Waals surface area contributed by atoms with Crippen molar-refractivity contribution in [3.63, 3.8) is 0 Å². The first-order chi connectivity index (χ1) is 11.6. The fourth-order valence-electron chi connectivity index (χ4n) is 2.32. The fraction of sp³-hybridized carbons (Fsp3) is 0.263. The summed E-state index contributed by atoms with van der Waals surface area (Å²) in [5, 5.41) is 5.75. The lowest BCUT2D eigenvalue weighted by Crippen LogP contribution is -2.33. The maximum atomic E-state index is 12.1. The molecule has 24 heavy (non-hydrogen) atoms. The second-order valence-corrected chi connectivity index (χ2v) is 6.55. The third kappa shape index (κ3) is 6.46. The van der Waals surface area contributed by atoms with Crippen molar-refractivity contribution in [1.82, 2.24) is 10.6 Å². The molecule has 0 aliphatic rings. The first-order valence-electron chi connectivity index (χ1n) is 7.92. The summed E-state index contributed by atoms with van der Waals surface area (Å²) >= 11 is 1.70. The molecule has 2 amide bonds. The second kappa shape index (κ2) is 9.78. The summed E-state index contributed by atoms with van der Waals surface area (Å²) in [6.45, 7) is 2.06. The molecule has 4 nitrogen and oxygen atoms in total. The SMILES string of the molecule is CC(=O)N[C@H](CC(=O)NCCSc1ccccc1)c1ccccc1. The molecule has 0 unspecified atom stereocenters. The van der Waals surface area contributed by atoms with E-state index < -0.39 is 0 Å². The summed E-state index contributed by atoms with van der Waals surface area (Å²) < 4.78 is 0. The van der Waals surface area contributed by atoms with Crippen molar-refractivity contribution < 1.29 is 9.59 Å². The minimum Gasteiger partial charge on any atom is -0.355 e. The number of amides is 2. The van der Waals surface area contributed by atoms with Crippen molar-refractivity contribution in [3.8, 4) is 0 Å². The molecule has 2 N–H and O–H groups in total. The van der Waals surface area contributed by atoms with Crippen LogP contribution in [0.3, 0.4) is 0 Å². The van der Waals surface area contributed by atoms with E-state index in [1.165, 1.54) is 11.8 Å². The van der Waals surface area contributed by atoms with E-state index in [1.807, 2.05) is 48.5 Å². The molecule has 0 fully saturated rings. The van der Waals surface area contributed by atoms with Gasteiger partial charge in [-0.2, -0.15) is 0 Å². The van der Waals surface area contributed by atoms with Gasteiger partial charge < -0.3 is 10.6 Å². The van der Waals surface area contributed by atoms with E-state index in [9.17, 15) is 9.59 Å². The third-order valence-electron chi connectivity index (χ3n) is 3.41. The molecule has 0 radical (unpaired) electrons. The van der Waals surface area contributed by atoms with Gasteiger partial charge in [0.15, 0.2) is 0 Å². The van der Waals surface area contributed by atoms with E-state index in [0.29, 0.717) is 6.54 Å². The smallest absolute Gasteiger partial charge is 0.222 e. The lowest BCUT2D eigenvalue weighted by Gasteiger charge is -2.18. The third-order valence-corrected chi connectivity index (χ3v) is 4.42. The topological polar surface area (TPSA) is 58.2 Å². The largest absolute Gasteiger partial charge is 0.355 e. The van der Waals surface area contributed by atoms with Crippen LogP contribution in [0.2, 0.25) is 0 Å². The number of carbonyl (C=O) groups is 2. The molecule has 126 valence electrons. The predicted octanol–water partition coefficient (Wildman–Crippen LogP) is 3.16. The number of nitrogens with one attached hydrogen (secondary N) is 2. The molecule has 0 aliphatic heterocycles. The Labute approximate surface area is 147 Å². The lowest BCUT2D eigenvalue weighted by molar-refractivity contribution is -0.122. The predicted molar refractivity (Wildman–Crippen MR) is 97.8 cm³/mol. The highest BCUT2D eigenvalue weighted by Gasteiger charge is 2.16. The van der Waals surface area contributed by atoms with Crippen LogP contribution in [0.25, 0.3) is 0 Å². The van der Waals surface area contributed by atoms with Crippen molar-refractivity contribution in [1.29, 1.82) is 0 Å². The zero-order valence-corrected chi connectivity index (χ0v) is 14.5. The van der Waals surface area contributed by atoms with Crippen molar-refractivity contribution in [3.05, 3.63) is 66.2 Å². The van der Waals surface area contributed by atoms with Gasteiger partial charge in [-0.25, -0.2) is 0 Å². The first kappa shape index (κ1) is 18.1. The maximum Gasteiger partial charge on any atom is 0.222 e. The first-order valence-corrected chi connectivity index (χ1v) is 8.90. The normalized spacial score (nSPS) is 11.5. The highest BCUT2D eigenvalue weighted by atomic mass is 32.2. The zero-order chi connectivity index (χ0) is 17.2. The van der Waals surface area contributed by atoms with Crippen LogP contribution in [0, 0.1) is 0 Å². The Hall–Kier alpha value is -2.27. The maximum absolute atomic E-state index is 12.1. The van der Waals surface area contributed by atoms with Crippen LogP contribution in [0.5, 0.6) is 0 Å². The van der Waals surface area contributed by atoms with Gasteiger partial charge in [0.1, 0.15) is 0 Å². The van der Waals surface area contributed by atoms with E-state index in [2.05, 4.69) is 22.8 Å². The van der Waals surface area contributed by atoms with E-state index in [-0.39, 0.29) is 24.3 Å². The Morgan fingerprint density at radius 2 is 1.62 bits per heavy atom. The molecule has 0 aliphatic carbocycles. The van der Waals surface area contributed by atoms with Crippen molar-refractivity contribution >= 4 is 23.6 Å². The van der Waals surface area contributed by atoms with Gasteiger partial charge in [0.05, 0.1) is 12.5 Å². The molecule has 0 heterocycles. The number of rotatable bonds is 8. The molecule has 0 bridgehead atoms. The highest BCUT2D eigenvalue weighted by molar-refractivity contribution is 7.99. The summed E-state index contributed by atoms with van der Waals surface area (Å²) in [5.74, 6) is 0.605. The van der Waals surface area contributed by atoms with Crippen LogP contribution in [-0.4, -0.2) is 24.1 Å². The van der Waals surface area contributed by atoms with Crippen LogP contribution < -0.4 is 10.6 Å². The molecule has 0 saturated carbocycles. The summed E-state index contributed by atoms with van der Waals surface area (Å²) in [4.78, 5) is 24.7. The zero-order valence-electron chi connectivity index (χ0n) is 13.7. The molecular weight excluding hydrogens is 320 g/mol. The van der Waals surface area contributed by atoms with E-state index in [1.54, 1.807) is 11.8 Å². The van der Waals surface area contributed by atoms with E-state index in [0.717, 1.165) is 11.3 Å². The quantitative estimate of drug-likeness (QED) is 0.572. The fourth-order valence-corrected chi connectivity index (χ4v) is 3.11. The van der Waals surface area contributed by atoms with Crippen LogP contribution in [0.1, 0.15) is 24.9 Å². The van der Waals surface area contributed by atoms with Crippen LogP contribution in [0.4, 0.5) is 0 Å². The molecule has 2 aromatic carbocycles.